The average molecular weight is 480 g/mol. The number of nitriles is 1. The van der Waals surface area contributed by atoms with Crippen molar-refractivity contribution in [3.05, 3.63) is 29.3 Å². The summed E-state index contributed by atoms with van der Waals surface area (Å²) >= 11 is 0. The molecular formula is C23H27F3N4O4. The van der Waals surface area contributed by atoms with Gasteiger partial charge in [-0.05, 0) is 37.8 Å². The molecule has 0 aromatic heterocycles. The molecule has 3 amide bonds. The largest absolute Gasteiger partial charge is 0.573 e. The number of hydrogen-bond acceptors (Lipinski definition) is 5. The molecule has 3 rings (SSSR count). The maximum Gasteiger partial charge on any atom is 0.573 e. The zero-order chi connectivity index (χ0) is 24.9. The summed E-state index contributed by atoms with van der Waals surface area (Å²) in [6.45, 7) is 1.80. The number of nitrogens with one attached hydrogen (secondary N) is 2. The molecule has 2 aliphatic rings. The van der Waals surface area contributed by atoms with Gasteiger partial charge in [-0.2, -0.15) is 5.26 Å². The van der Waals surface area contributed by atoms with E-state index in [0.29, 0.717) is 32.2 Å². The van der Waals surface area contributed by atoms with E-state index in [-0.39, 0.29) is 41.9 Å². The van der Waals surface area contributed by atoms with Crippen molar-refractivity contribution in [2.45, 2.75) is 63.9 Å². The van der Waals surface area contributed by atoms with Crippen molar-refractivity contribution in [1.29, 1.82) is 5.26 Å². The minimum Gasteiger partial charge on any atom is -0.405 e. The average Bonchev–Trinajstić information content (AvgIpc) is 3.25. The lowest BCUT2D eigenvalue weighted by molar-refractivity contribution is -0.274. The molecule has 1 atom stereocenters. The van der Waals surface area contributed by atoms with Gasteiger partial charge in [-0.15, -0.1) is 13.2 Å². The van der Waals surface area contributed by atoms with E-state index >= 15 is 0 Å². The van der Waals surface area contributed by atoms with Crippen LogP contribution in [0, 0.1) is 17.2 Å². The Morgan fingerprint density at radius 3 is 2.56 bits per heavy atom. The highest BCUT2D eigenvalue weighted by Crippen LogP contribution is 2.33. The van der Waals surface area contributed by atoms with Crippen LogP contribution in [0.5, 0.6) is 5.75 Å². The zero-order valence-electron chi connectivity index (χ0n) is 18.8. The topological polar surface area (TPSA) is 112 Å². The first kappa shape index (κ1) is 25.3. The van der Waals surface area contributed by atoms with E-state index in [1.807, 2.05) is 0 Å². The van der Waals surface area contributed by atoms with Crippen molar-refractivity contribution in [3.63, 3.8) is 0 Å². The minimum atomic E-state index is -4.94. The summed E-state index contributed by atoms with van der Waals surface area (Å²) in [7, 11) is 0. The van der Waals surface area contributed by atoms with Crippen LogP contribution < -0.4 is 15.4 Å². The third kappa shape index (κ3) is 6.18. The molecule has 2 fully saturated rings. The first-order chi connectivity index (χ1) is 16.0. The number of halogens is 3. The molecule has 1 aliphatic carbocycles. The standard InChI is InChI=1S/C23H27F3N4O4/c1-15(31)29-22(8-2-3-9-22)21(33)30-10-4-5-18(14-30)20(32)28-13-17-7-6-16(12-27)11-19(17)34-23(24,25)26/h6-7,11,18H,2-5,8-10,13-14H2,1H3,(H,28,32)(H,29,31)/t18-/m1/s1. The molecule has 11 heteroatoms. The Morgan fingerprint density at radius 1 is 1.24 bits per heavy atom. The van der Waals surface area contributed by atoms with Crippen LogP contribution in [-0.2, 0) is 20.9 Å². The zero-order valence-corrected chi connectivity index (χ0v) is 18.8. The second-order valence-electron chi connectivity index (χ2n) is 8.76. The molecule has 184 valence electrons. The van der Waals surface area contributed by atoms with Gasteiger partial charge >= 0.3 is 6.36 Å². The van der Waals surface area contributed by atoms with Crippen LogP contribution in [0.4, 0.5) is 13.2 Å². The van der Waals surface area contributed by atoms with Crippen LogP contribution in [-0.4, -0.2) is 47.6 Å². The molecular weight excluding hydrogens is 453 g/mol. The highest BCUT2D eigenvalue weighted by atomic mass is 19.4. The Kier molecular flexibility index (Phi) is 7.69. The molecule has 1 aromatic carbocycles. The summed E-state index contributed by atoms with van der Waals surface area (Å²) in [5.74, 6) is -1.93. The molecule has 1 aromatic rings. The van der Waals surface area contributed by atoms with E-state index in [9.17, 15) is 27.6 Å². The highest BCUT2D eigenvalue weighted by Gasteiger charge is 2.45. The van der Waals surface area contributed by atoms with Crippen LogP contribution >= 0.6 is 0 Å². The molecule has 8 nitrogen and oxygen atoms in total. The van der Waals surface area contributed by atoms with Gasteiger partial charge in [0, 0.05) is 32.1 Å². The van der Waals surface area contributed by atoms with E-state index in [2.05, 4.69) is 15.4 Å². The fourth-order valence-electron chi connectivity index (χ4n) is 4.70. The highest BCUT2D eigenvalue weighted by molar-refractivity contribution is 5.92. The van der Waals surface area contributed by atoms with Gasteiger partial charge in [0.05, 0.1) is 17.6 Å². The fourth-order valence-corrected chi connectivity index (χ4v) is 4.70. The number of likely N-dealkylation sites (tertiary alicyclic amines) is 1. The van der Waals surface area contributed by atoms with Gasteiger partial charge in [-0.1, -0.05) is 18.9 Å². The van der Waals surface area contributed by atoms with E-state index in [1.54, 1.807) is 11.0 Å². The summed E-state index contributed by atoms with van der Waals surface area (Å²) < 4.78 is 42.3. The Hall–Kier alpha value is -3.29. The maximum absolute atomic E-state index is 13.3. The van der Waals surface area contributed by atoms with Gasteiger partial charge in [0.25, 0.3) is 0 Å². The Morgan fingerprint density at radius 2 is 1.94 bits per heavy atom. The lowest BCUT2D eigenvalue weighted by Crippen LogP contribution is -2.59. The molecule has 0 spiro atoms. The first-order valence-corrected chi connectivity index (χ1v) is 11.2. The van der Waals surface area contributed by atoms with Crippen LogP contribution in [0.25, 0.3) is 0 Å². The summed E-state index contributed by atoms with van der Waals surface area (Å²) in [5, 5.41) is 14.4. The van der Waals surface area contributed by atoms with Crippen LogP contribution in [0.1, 0.15) is 56.6 Å². The van der Waals surface area contributed by atoms with E-state index in [4.69, 9.17) is 5.26 Å². The third-order valence-corrected chi connectivity index (χ3v) is 6.24. The summed E-state index contributed by atoms with van der Waals surface area (Å²) in [4.78, 5) is 39.4. The number of hydrogen-bond donors (Lipinski definition) is 2. The predicted molar refractivity (Wildman–Crippen MR) is 114 cm³/mol. The molecule has 1 saturated heterocycles. The van der Waals surface area contributed by atoms with Gasteiger partial charge in [0.2, 0.25) is 17.7 Å². The van der Waals surface area contributed by atoms with Crippen molar-refractivity contribution in [1.82, 2.24) is 15.5 Å². The quantitative estimate of drug-likeness (QED) is 0.651. The molecule has 0 bridgehead atoms. The van der Waals surface area contributed by atoms with Crippen molar-refractivity contribution < 1.29 is 32.3 Å². The first-order valence-electron chi connectivity index (χ1n) is 11.2. The Balaban J connectivity index is 1.65. The number of ether oxygens (including phenoxy) is 1. The maximum atomic E-state index is 13.3. The minimum absolute atomic E-state index is 0.00391. The number of rotatable bonds is 6. The number of piperidine rings is 1. The normalized spacial score (nSPS) is 19.7. The van der Waals surface area contributed by atoms with Crippen LogP contribution in [0.3, 0.4) is 0 Å². The van der Waals surface area contributed by atoms with Gasteiger partial charge < -0.3 is 20.3 Å². The number of nitrogens with zero attached hydrogens (tertiary/aromatic N) is 2. The lowest BCUT2D eigenvalue weighted by Gasteiger charge is -2.39. The molecule has 1 heterocycles. The van der Waals surface area contributed by atoms with Gasteiger partial charge in [-0.25, -0.2) is 0 Å². The monoisotopic (exact) mass is 480 g/mol. The lowest BCUT2D eigenvalue weighted by atomic mass is 9.91. The van der Waals surface area contributed by atoms with Crippen molar-refractivity contribution >= 4 is 17.7 Å². The number of carbonyl (C=O) groups excluding carboxylic acids is 3. The molecule has 2 N–H and O–H groups in total. The molecule has 34 heavy (non-hydrogen) atoms. The summed E-state index contributed by atoms with van der Waals surface area (Å²) in [6, 6.07) is 5.36. The van der Waals surface area contributed by atoms with Gasteiger partial charge in [0.15, 0.2) is 0 Å². The van der Waals surface area contributed by atoms with E-state index in [0.717, 1.165) is 18.9 Å². The van der Waals surface area contributed by atoms with Crippen molar-refractivity contribution in [2.75, 3.05) is 13.1 Å². The number of amides is 3. The summed E-state index contributed by atoms with van der Waals surface area (Å²) in [5.41, 5.74) is -0.865. The third-order valence-electron chi connectivity index (χ3n) is 6.24. The van der Waals surface area contributed by atoms with Gasteiger partial charge in [-0.3, -0.25) is 14.4 Å². The Labute approximate surface area is 195 Å². The number of carbonyl (C=O) groups is 3. The van der Waals surface area contributed by atoms with Crippen molar-refractivity contribution in [2.24, 2.45) is 5.92 Å². The van der Waals surface area contributed by atoms with E-state index in [1.165, 1.54) is 19.1 Å². The summed E-state index contributed by atoms with van der Waals surface area (Å²) in [6.07, 6.45) is -1.05. The number of alkyl halides is 3. The SMILES string of the molecule is CC(=O)NC1(C(=O)N2CCC[C@@H](C(=O)NCc3ccc(C#N)cc3OC(F)(F)F)C2)CCCC1. The molecule has 0 unspecified atom stereocenters. The molecule has 0 radical (unpaired) electrons. The molecule has 1 aliphatic heterocycles. The van der Waals surface area contributed by atoms with Crippen LogP contribution in [0.2, 0.25) is 0 Å². The number of benzene rings is 1. The van der Waals surface area contributed by atoms with E-state index < -0.39 is 23.6 Å². The fraction of sp³-hybridized carbons (Fsp3) is 0.565. The predicted octanol–water partition coefficient (Wildman–Crippen LogP) is 2.76. The van der Waals surface area contributed by atoms with Crippen molar-refractivity contribution in [3.8, 4) is 11.8 Å². The van der Waals surface area contributed by atoms with Crippen LogP contribution in [0.15, 0.2) is 18.2 Å². The van der Waals surface area contributed by atoms with Gasteiger partial charge in [0.1, 0.15) is 11.3 Å². The second-order valence-corrected chi connectivity index (χ2v) is 8.76. The second kappa shape index (κ2) is 10.3. The molecule has 1 saturated carbocycles. The smallest absolute Gasteiger partial charge is 0.405 e. The Bertz CT molecular complexity index is 983.